The predicted molar refractivity (Wildman–Crippen MR) is 141 cm³/mol. The molecule has 174 valence electrons. The first-order valence-corrected chi connectivity index (χ1v) is 12.1. The Labute approximate surface area is 216 Å². The Bertz CT molecular complexity index is 1290. The highest BCUT2D eigenvalue weighted by molar-refractivity contribution is 9.10. The smallest absolute Gasteiger partial charge is 0.280 e. The fraction of sp³-hybridized carbons (Fsp3) is 0.154. The third kappa shape index (κ3) is 5.30. The monoisotopic (exact) mass is 558 g/mol. The number of benzene rings is 3. The second-order valence-corrected chi connectivity index (χ2v) is 9.17. The Kier molecular flexibility index (Phi) is 7.61. The van der Waals surface area contributed by atoms with Crippen molar-refractivity contribution in [2.45, 2.75) is 20.5 Å². The molecule has 0 aromatic heterocycles. The SMILES string of the molecule is CCOc1cc(/C=C2/C(=O)N(c3ccccc3)N=C2C)c(Br)cc1OCc1ccc(Cl)cc1Cl. The van der Waals surface area contributed by atoms with Crippen LogP contribution in [0.15, 0.2) is 75.8 Å². The van der Waals surface area contributed by atoms with E-state index in [-0.39, 0.29) is 12.5 Å². The Morgan fingerprint density at radius 3 is 2.47 bits per heavy atom. The van der Waals surface area contributed by atoms with Crippen molar-refractivity contribution in [2.75, 3.05) is 11.6 Å². The zero-order valence-electron chi connectivity index (χ0n) is 18.5. The highest BCUT2D eigenvalue weighted by Crippen LogP contribution is 2.37. The molecule has 1 amide bonds. The first kappa shape index (κ1) is 24.3. The summed E-state index contributed by atoms with van der Waals surface area (Å²) >= 11 is 15.9. The molecule has 0 unspecified atom stereocenters. The van der Waals surface area contributed by atoms with E-state index in [9.17, 15) is 4.79 Å². The zero-order chi connectivity index (χ0) is 24.2. The number of rotatable bonds is 7. The maximum atomic E-state index is 13.1. The lowest BCUT2D eigenvalue weighted by atomic mass is 10.1. The maximum absolute atomic E-state index is 13.1. The van der Waals surface area contributed by atoms with E-state index in [1.807, 2.05) is 62.4 Å². The van der Waals surface area contributed by atoms with Crippen molar-refractivity contribution in [1.82, 2.24) is 0 Å². The standard InChI is InChI=1S/C26H21BrCl2N2O3/c1-3-33-24-12-18(11-21-16(2)30-31(26(21)32)20-7-5-4-6-8-20)22(27)14-25(24)34-15-17-9-10-19(28)13-23(17)29/h4-14H,3,15H2,1-2H3/b21-11+. The highest BCUT2D eigenvalue weighted by atomic mass is 79.9. The zero-order valence-corrected chi connectivity index (χ0v) is 21.6. The van der Waals surface area contributed by atoms with Crippen LogP contribution in [-0.4, -0.2) is 18.2 Å². The van der Waals surface area contributed by atoms with Crippen LogP contribution in [0, 0.1) is 0 Å². The lowest BCUT2D eigenvalue weighted by Crippen LogP contribution is -2.21. The summed E-state index contributed by atoms with van der Waals surface area (Å²) in [5.74, 6) is 0.921. The van der Waals surface area contributed by atoms with Gasteiger partial charge in [0.15, 0.2) is 11.5 Å². The van der Waals surface area contributed by atoms with E-state index in [2.05, 4.69) is 21.0 Å². The minimum atomic E-state index is -0.189. The van der Waals surface area contributed by atoms with Crippen molar-refractivity contribution in [3.8, 4) is 11.5 Å². The molecule has 0 spiro atoms. The number of anilines is 1. The van der Waals surface area contributed by atoms with Crippen molar-refractivity contribution in [2.24, 2.45) is 5.10 Å². The van der Waals surface area contributed by atoms with E-state index in [1.165, 1.54) is 5.01 Å². The summed E-state index contributed by atoms with van der Waals surface area (Å²) in [6.07, 6.45) is 1.80. The van der Waals surface area contributed by atoms with Crippen LogP contribution < -0.4 is 14.5 Å². The lowest BCUT2D eigenvalue weighted by Gasteiger charge is -2.15. The average Bonchev–Trinajstić information content (AvgIpc) is 3.10. The molecule has 1 heterocycles. The number of carbonyl (C=O) groups is 1. The van der Waals surface area contributed by atoms with E-state index < -0.39 is 0 Å². The molecule has 5 nitrogen and oxygen atoms in total. The van der Waals surface area contributed by atoms with Crippen LogP contribution in [-0.2, 0) is 11.4 Å². The van der Waals surface area contributed by atoms with Crippen LogP contribution >= 0.6 is 39.1 Å². The minimum absolute atomic E-state index is 0.189. The molecule has 4 rings (SSSR count). The molecule has 0 aliphatic carbocycles. The molecular weight excluding hydrogens is 539 g/mol. The van der Waals surface area contributed by atoms with Crippen LogP contribution in [0.1, 0.15) is 25.0 Å². The quantitative estimate of drug-likeness (QED) is 0.281. The third-order valence-electron chi connectivity index (χ3n) is 5.12. The fourth-order valence-corrected chi connectivity index (χ4v) is 4.32. The molecule has 0 atom stereocenters. The molecule has 34 heavy (non-hydrogen) atoms. The normalized spacial score (nSPS) is 14.5. The van der Waals surface area contributed by atoms with Crippen molar-refractivity contribution >= 4 is 62.5 Å². The lowest BCUT2D eigenvalue weighted by molar-refractivity contribution is -0.114. The van der Waals surface area contributed by atoms with E-state index in [0.29, 0.717) is 45.1 Å². The topological polar surface area (TPSA) is 51.1 Å². The number of hydrogen-bond acceptors (Lipinski definition) is 4. The molecule has 1 aliphatic rings. The summed E-state index contributed by atoms with van der Waals surface area (Å²) in [5, 5.41) is 6.94. The summed E-state index contributed by atoms with van der Waals surface area (Å²) in [4.78, 5) is 13.1. The van der Waals surface area contributed by atoms with Gasteiger partial charge >= 0.3 is 0 Å². The molecule has 3 aromatic carbocycles. The number of hydrazone groups is 1. The van der Waals surface area contributed by atoms with Crippen molar-refractivity contribution in [3.05, 3.63) is 91.9 Å². The second kappa shape index (κ2) is 10.6. The first-order valence-electron chi connectivity index (χ1n) is 10.6. The number of nitrogens with zero attached hydrogens (tertiary/aromatic N) is 2. The molecule has 0 N–H and O–H groups in total. The molecule has 1 aliphatic heterocycles. The van der Waals surface area contributed by atoms with E-state index in [1.54, 1.807) is 18.2 Å². The third-order valence-corrected chi connectivity index (χ3v) is 6.40. The number of halogens is 3. The van der Waals surface area contributed by atoms with Crippen molar-refractivity contribution < 1.29 is 14.3 Å². The summed E-state index contributed by atoms with van der Waals surface area (Å²) in [6, 6.07) is 18.3. The highest BCUT2D eigenvalue weighted by Gasteiger charge is 2.29. The number of para-hydroxylation sites is 1. The van der Waals surface area contributed by atoms with Crippen LogP contribution in [0.5, 0.6) is 11.5 Å². The molecular formula is C26H21BrCl2N2O3. The largest absolute Gasteiger partial charge is 0.490 e. The van der Waals surface area contributed by atoms with Gasteiger partial charge in [0.1, 0.15) is 6.61 Å². The van der Waals surface area contributed by atoms with Gasteiger partial charge in [-0.05, 0) is 61.9 Å². The summed E-state index contributed by atoms with van der Waals surface area (Å²) in [6.45, 7) is 4.42. The van der Waals surface area contributed by atoms with Crippen LogP contribution in [0.3, 0.4) is 0 Å². The second-order valence-electron chi connectivity index (χ2n) is 7.47. The molecule has 0 saturated heterocycles. The average molecular weight is 560 g/mol. The summed E-state index contributed by atoms with van der Waals surface area (Å²) in [5.41, 5.74) is 3.44. The molecule has 8 heteroatoms. The van der Waals surface area contributed by atoms with Gasteiger partial charge in [0.05, 0.1) is 23.6 Å². The van der Waals surface area contributed by atoms with E-state index >= 15 is 0 Å². The molecule has 0 saturated carbocycles. The molecule has 0 fully saturated rings. The van der Waals surface area contributed by atoms with E-state index in [0.717, 1.165) is 15.6 Å². The number of amides is 1. The van der Waals surface area contributed by atoms with Gasteiger partial charge in [0, 0.05) is 20.1 Å². The Hall–Kier alpha value is -2.80. The van der Waals surface area contributed by atoms with Gasteiger partial charge in [0.25, 0.3) is 5.91 Å². The Balaban J connectivity index is 1.62. The maximum Gasteiger partial charge on any atom is 0.280 e. The van der Waals surface area contributed by atoms with Gasteiger partial charge in [-0.2, -0.15) is 10.1 Å². The number of carbonyl (C=O) groups excluding carboxylic acids is 1. The van der Waals surface area contributed by atoms with E-state index in [4.69, 9.17) is 32.7 Å². The van der Waals surface area contributed by atoms with Gasteiger partial charge < -0.3 is 9.47 Å². The van der Waals surface area contributed by atoms with Gasteiger partial charge in [-0.15, -0.1) is 0 Å². The van der Waals surface area contributed by atoms with Gasteiger partial charge in [0.2, 0.25) is 0 Å². The van der Waals surface area contributed by atoms with Crippen molar-refractivity contribution in [1.29, 1.82) is 0 Å². The number of ether oxygens (including phenoxy) is 2. The molecule has 3 aromatic rings. The van der Waals surface area contributed by atoms with Crippen LogP contribution in [0.2, 0.25) is 10.0 Å². The number of hydrogen-bond donors (Lipinski definition) is 0. The molecule has 0 bridgehead atoms. The van der Waals surface area contributed by atoms with Crippen LogP contribution in [0.4, 0.5) is 5.69 Å². The summed E-state index contributed by atoms with van der Waals surface area (Å²) < 4.78 is 12.6. The van der Waals surface area contributed by atoms with Gasteiger partial charge in [-0.3, -0.25) is 4.79 Å². The van der Waals surface area contributed by atoms with Crippen LogP contribution in [0.25, 0.3) is 6.08 Å². The van der Waals surface area contributed by atoms with Gasteiger partial charge in [-0.25, -0.2) is 0 Å². The van der Waals surface area contributed by atoms with Crippen molar-refractivity contribution in [3.63, 3.8) is 0 Å². The fourth-order valence-electron chi connectivity index (χ4n) is 3.42. The predicted octanol–water partition coefficient (Wildman–Crippen LogP) is 7.54. The summed E-state index contributed by atoms with van der Waals surface area (Å²) in [7, 11) is 0. The Morgan fingerprint density at radius 2 is 1.76 bits per heavy atom. The minimum Gasteiger partial charge on any atom is -0.490 e. The molecule has 0 radical (unpaired) electrons. The Morgan fingerprint density at radius 1 is 1.03 bits per heavy atom. The first-order chi connectivity index (χ1) is 16.4. The van der Waals surface area contributed by atoms with Gasteiger partial charge in [-0.1, -0.05) is 63.4 Å².